The van der Waals surface area contributed by atoms with Crippen molar-refractivity contribution < 1.29 is 8.42 Å². The van der Waals surface area contributed by atoms with Gasteiger partial charge in [-0.15, -0.1) is 5.10 Å². The van der Waals surface area contributed by atoms with E-state index in [1.54, 1.807) is 32.0 Å². The highest BCUT2D eigenvalue weighted by Crippen LogP contribution is 2.29. The molecule has 27 heavy (non-hydrogen) atoms. The Morgan fingerprint density at radius 2 is 1.78 bits per heavy atom. The van der Waals surface area contributed by atoms with Crippen molar-refractivity contribution >= 4 is 55.5 Å². The molecule has 0 saturated carbocycles. The van der Waals surface area contributed by atoms with E-state index in [1.807, 2.05) is 0 Å². The Balaban J connectivity index is 1.82. The number of hydrogen-bond donors (Lipinski definition) is 1. The molecular weight excluding hydrogens is 411 g/mol. The van der Waals surface area contributed by atoms with E-state index >= 15 is 0 Å². The van der Waals surface area contributed by atoms with E-state index < -0.39 is 10.0 Å². The van der Waals surface area contributed by atoms with E-state index in [9.17, 15) is 8.42 Å². The van der Waals surface area contributed by atoms with Gasteiger partial charge < -0.3 is 0 Å². The molecule has 4 aromatic rings. The number of fused-ring (bicyclic) bond motifs is 2. The van der Waals surface area contributed by atoms with Crippen molar-refractivity contribution in [3.05, 3.63) is 52.0 Å². The highest BCUT2D eigenvalue weighted by atomic mass is 35.5. The van der Waals surface area contributed by atoms with Gasteiger partial charge in [-0.05, 0) is 32.0 Å². The molecular formula is C16H12Cl2N6O2S. The molecule has 0 atom stereocenters. The van der Waals surface area contributed by atoms with Gasteiger partial charge in [0.05, 0.1) is 16.2 Å². The van der Waals surface area contributed by atoms with Crippen molar-refractivity contribution in [1.29, 1.82) is 0 Å². The van der Waals surface area contributed by atoms with Crippen LogP contribution in [0.3, 0.4) is 0 Å². The number of aryl methyl sites for hydroxylation is 2. The molecule has 138 valence electrons. The summed E-state index contributed by atoms with van der Waals surface area (Å²) in [5.74, 6) is 0.531. The van der Waals surface area contributed by atoms with Crippen molar-refractivity contribution in [2.24, 2.45) is 0 Å². The number of benzene rings is 1. The van der Waals surface area contributed by atoms with Crippen LogP contribution in [0.5, 0.6) is 0 Å². The standard InChI is InChI=1S/C16H12Cl2N6O2S/c1-8-3-14-21-16(22-24(14)9(2)20-8)27(25,26)23-13-6-11(17)4-10-5-12(18)7-19-15(10)13/h3-7,23H,1-2H3. The zero-order valence-corrected chi connectivity index (χ0v) is 16.4. The first-order valence-electron chi connectivity index (χ1n) is 7.71. The van der Waals surface area contributed by atoms with Gasteiger partial charge in [0.2, 0.25) is 0 Å². The Morgan fingerprint density at radius 3 is 2.56 bits per heavy atom. The second-order valence-corrected chi connectivity index (χ2v) is 8.34. The van der Waals surface area contributed by atoms with Crippen molar-refractivity contribution in [1.82, 2.24) is 24.6 Å². The molecule has 0 radical (unpaired) electrons. The highest BCUT2D eigenvalue weighted by Gasteiger charge is 2.23. The number of nitrogens with zero attached hydrogens (tertiary/aromatic N) is 5. The topological polar surface area (TPSA) is 102 Å². The SMILES string of the molecule is Cc1cc2nc(S(=O)(=O)Nc3cc(Cl)cc4cc(Cl)cnc34)nn2c(C)n1. The fraction of sp³-hybridized carbons (Fsp3) is 0.125. The number of hydrogen-bond acceptors (Lipinski definition) is 6. The van der Waals surface area contributed by atoms with Crippen molar-refractivity contribution in [2.75, 3.05) is 4.72 Å². The first-order chi connectivity index (χ1) is 12.7. The Bertz CT molecular complexity index is 1310. The lowest BCUT2D eigenvalue weighted by molar-refractivity contribution is 0.592. The summed E-state index contributed by atoms with van der Waals surface area (Å²) < 4.78 is 29.5. The molecule has 0 aliphatic rings. The normalized spacial score (nSPS) is 12.0. The molecule has 0 unspecified atom stereocenters. The lowest BCUT2D eigenvalue weighted by atomic mass is 10.2. The Labute approximate surface area is 164 Å². The summed E-state index contributed by atoms with van der Waals surface area (Å²) in [6, 6.07) is 6.41. The van der Waals surface area contributed by atoms with Gasteiger partial charge in [0, 0.05) is 28.4 Å². The predicted octanol–water partition coefficient (Wildman–Crippen LogP) is 3.40. The largest absolute Gasteiger partial charge is 0.299 e. The van der Waals surface area contributed by atoms with Crippen molar-refractivity contribution in [3.63, 3.8) is 0 Å². The number of sulfonamides is 1. The predicted molar refractivity (Wildman–Crippen MR) is 103 cm³/mol. The van der Waals surface area contributed by atoms with Crippen LogP contribution in [-0.4, -0.2) is 33.0 Å². The fourth-order valence-corrected chi connectivity index (χ4v) is 4.06. The van der Waals surface area contributed by atoms with E-state index in [1.165, 1.54) is 16.8 Å². The third-order valence-electron chi connectivity index (χ3n) is 3.79. The van der Waals surface area contributed by atoms with Gasteiger partial charge in [0.1, 0.15) is 5.82 Å². The number of anilines is 1. The lowest BCUT2D eigenvalue weighted by Gasteiger charge is -2.09. The van der Waals surface area contributed by atoms with Gasteiger partial charge in [0.25, 0.3) is 15.2 Å². The molecule has 0 aliphatic heterocycles. The molecule has 0 saturated heterocycles. The van der Waals surface area contributed by atoms with Crippen LogP contribution in [0.15, 0.2) is 35.6 Å². The summed E-state index contributed by atoms with van der Waals surface area (Å²) in [7, 11) is -4.08. The third-order valence-corrected chi connectivity index (χ3v) is 5.36. The summed E-state index contributed by atoms with van der Waals surface area (Å²) in [4.78, 5) is 12.5. The van der Waals surface area contributed by atoms with Gasteiger partial charge in [-0.25, -0.2) is 4.98 Å². The molecule has 0 aliphatic carbocycles. The molecule has 0 spiro atoms. The quantitative estimate of drug-likeness (QED) is 0.542. The van der Waals surface area contributed by atoms with Crippen LogP contribution in [-0.2, 0) is 10.0 Å². The van der Waals surface area contributed by atoms with E-state index in [0.29, 0.717) is 38.1 Å². The van der Waals surface area contributed by atoms with Gasteiger partial charge in [-0.2, -0.15) is 17.9 Å². The minimum absolute atomic E-state index is 0.207. The molecule has 1 N–H and O–H groups in total. The summed E-state index contributed by atoms with van der Waals surface area (Å²) in [5.41, 5.74) is 1.72. The summed E-state index contributed by atoms with van der Waals surface area (Å²) in [6.45, 7) is 3.51. The molecule has 0 bridgehead atoms. The average Bonchev–Trinajstić information content (AvgIpc) is 2.99. The second-order valence-electron chi connectivity index (χ2n) is 5.89. The van der Waals surface area contributed by atoms with Crippen LogP contribution in [0.25, 0.3) is 16.6 Å². The number of aromatic nitrogens is 5. The van der Waals surface area contributed by atoms with E-state index in [0.717, 1.165) is 0 Å². The summed E-state index contributed by atoms with van der Waals surface area (Å²) in [5, 5.41) is 5.04. The maximum absolute atomic E-state index is 12.8. The molecule has 11 heteroatoms. The third kappa shape index (κ3) is 3.29. The minimum atomic E-state index is -4.08. The molecule has 3 aromatic heterocycles. The maximum atomic E-state index is 12.8. The highest BCUT2D eigenvalue weighted by molar-refractivity contribution is 7.92. The first-order valence-corrected chi connectivity index (χ1v) is 9.95. The molecule has 3 heterocycles. The Morgan fingerprint density at radius 1 is 1.04 bits per heavy atom. The summed E-state index contributed by atoms with van der Waals surface area (Å²) >= 11 is 12.1. The van der Waals surface area contributed by atoms with E-state index in [4.69, 9.17) is 23.2 Å². The first kappa shape index (κ1) is 17.9. The van der Waals surface area contributed by atoms with Crippen LogP contribution in [0.2, 0.25) is 10.0 Å². The molecule has 1 aromatic carbocycles. The van der Waals surface area contributed by atoms with Crippen molar-refractivity contribution in [2.45, 2.75) is 19.0 Å². The van der Waals surface area contributed by atoms with Gasteiger partial charge in [0.15, 0.2) is 5.65 Å². The zero-order chi connectivity index (χ0) is 19.3. The van der Waals surface area contributed by atoms with Gasteiger partial charge in [-0.1, -0.05) is 23.2 Å². The average molecular weight is 423 g/mol. The number of pyridine rings is 1. The molecule has 0 fully saturated rings. The molecule has 8 nitrogen and oxygen atoms in total. The van der Waals surface area contributed by atoms with Crippen LogP contribution in [0.4, 0.5) is 5.69 Å². The number of rotatable bonds is 3. The van der Waals surface area contributed by atoms with Crippen LogP contribution in [0.1, 0.15) is 11.5 Å². The van der Waals surface area contributed by atoms with Crippen molar-refractivity contribution in [3.8, 4) is 0 Å². The minimum Gasteiger partial charge on any atom is -0.275 e. The van der Waals surface area contributed by atoms with Gasteiger partial charge >= 0.3 is 0 Å². The lowest BCUT2D eigenvalue weighted by Crippen LogP contribution is -2.15. The second kappa shape index (κ2) is 6.29. The van der Waals surface area contributed by atoms with Crippen LogP contribution >= 0.6 is 23.2 Å². The smallest absolute Gasteiger partial charge is 0.275 e. The van der Waals surface area contributed by atoms with Crippen LogP contribution < -0.4 is 4.72 Å². The Kier molecular flexibility index (Phi) is 4.17. The molecule has 0 amide bonds. The van der Waals surface area contributed by atoms with E-state index in [2.05, 4.69) is 24.8 Å². The summed E-state index contributed by atoms with van der Waals surface area (Å²) in [6.07, 6.45) is 1.43. The Hall–Kier alpha value is -2.49. The number of nitrogens with one attached hydrogen (secondary N) is 1. The zero-order valence-electron chi connectivity index (χ0n) is 14.1. The molecule has 4 rings (SSSR count). The van der Waals surface area contributed by atoms with Crippen LogP contribution in [0, 0.1) is 13.8 Å². The van der Waals surface area contributed by atoms with E-state index in [-0.39, 0.29) is 10.8 Å². The fourth-order valence-electron chi connectivity index (χ4n) is 2.73. The maximum Gasteiger partial charge on any atom is 0.299 e. The van der Waals surface area contributed by atoms with Gasteiger partial charge in [-0.3, -0.25) is 9.71 Å². The monoisotopic (exact) mass is 422 g/mol. The number of halogens is 2.